The number of aromatic amines is 1. The number of imidazole rings is 3. The van der Waals surface area contributed by atoms with Gasteiger partial charge in [-0.2, -0.15) is 0 Å². The molecule has 0 saturated carbocycles. The number of amides is 1. The maximum absolute atomic E-state index is 15.3. The third-order valence-electron chi connectivity index (χ3n) is 7.16. The van der Waals surface area contributed by atoms with Gasteiger partial charge in [0.05, 0.1) is 35.3 Å². The average molecular weight is 586 g/mol. The maximum Gasteiger partial charge on any atom is 0.339 e. The maximum atomic E-state index is 15.3. The van der Waals surface area contributed by atoms with Crippen LogP contribution in [0, 0.1) is 11.6 Å². The molecule has 0 saturated heterocycles. The lowest BCUT2D eigenvalue weighted by molar-refractivity contribution is 0.0691. The first-order valence-corrected chi connectivity index (χ1v) is 13.3. The number of benzene rings is 3. The molecule has 13 heteroatoms. The molecule has 0 radical (unpaired) electrons. The van der Waals surface area contributed by atoms with E-state index in [-0.39, 0.29) is 47.1 Å². The third kappa shape index (κ3) is 5.05. The van der Waals surface area contributed by atoms with Gasteiger partial charge in [0.25, 0.3) is 5.91 Å². The number of nitrogens with one attached hydrogen (secondary N) is 2. The van der Waals surface area contributed by atoms with Crippen LogP contribution in [-0.2, 0) is 7.05 Å². The lowest BCUT2D eigenvalue weighted by Gasteiger charge is -2.10. The highest BCUT2D eigenvalue weighted by Crippen LogP contribution is 2.30. The molecule has 6 aromatic rings. The topological polar surface area (TPSA) is 140 Å². The number of carbonyl (C=O) groups excluding carboxylic acids is 1. The molecule has 218 valence electrons. The first-order chi connectivity index (χ1) is 20.7. The largest absolute Gasteiger partial charge is 0.491 e. The molecule has 0 aliphatic heterocycles. The van der Waals surface area contributed by atoms with Crippen molar-refractivity contribution in [3.8, 4) is 11.4 Å². The van der Waals surface area contributed by atoms with Gasteiger partial charge in [-0.1, -0.05) is 12.1 Å². The zero-order valence-electron chi connectivity index (χ0n) is 23.0. The van der Waals surface area contributed by atoms with Gasteiger partial charge in [-0.05, 0) is 37.3 Å². The molecule has 1 amide bonds. The highest BCUT2D eigenvalue weighted by atomic mass is 19.1. The first kappa shape index (κ1) is 27.6. The Balaban J connectivity index is 1.19. The predicted octanol–water partition coefficient (Wildman–Crippen LogP) is 4.57. The fourth-order valence-electron chi connectivity index (χ4n) is 4.98. The van der Waals surface area contributed by atoms with Crippen LogP contribution in [0.5, 0.6) is 5.75 Å². The molecule has 0 bridgehead atoms. The summed E-state index contributed by atoms with van der Waals surface area (Å²) >= 11 is 0. The molecule has 0 spiro atoms. The molecule has 3 N–H and O–H groups in total. The number of ether oxygens (including phenoxy) is 1. The number of halogens is 2. The molecule has 6 rings (SSSR count). The minimum atomic E-state index is -1.10. The number of H-pyrrole nitrogens is 1. The second-order valence-corrected chi connectivity index (χ2v) is 9.87. The number of rotatable bonds is 9. The van der Waals surface area contributed by atoms with E-state index < -0.39 is 23.5 Å². The monoisotopic (exact) mass is 585 g/mol. The van der Waals surface area contributed by atoms with E-state index in [0.29, 0.717) is 28.2 Å². The Morgan fingerprint density at radius 3 is 2.72 bits per heavy atom. The summed E-state index contributed by atoms with van der Waals surface area (Å²) in [6.07, 6.45) is 4.19. The summed E-state index contributed by atoms with van der Waals surface area (Å²) in [6.45, 7) is 2.09. The van der Waals surface area contributed by atoms with Crippen LogP contribution >= 0.6 is 0 Å². The number of para-hydroxylation sites is 1. The second-order valence-electron chi connectivity index (χ2n) is 9.87. The third-order valence-corrected chi connectivity index (χ3v) is 7.16. The van der Waals surface area contributed by atoms with Crippen molar-refractivity contribution in [1.29, 1.82) is 0 Å². The van der Waals surface area contributed by atoms with Gasteiger partial charge < -0.3 is 29.3 Å². The van der Waals surface area contributed by atoms with Crippen LogP contribution in [0.4, 0.5) is 8.78 Å². The molecular weight excluding hydrogens is 560 g/mol. The van der Waals surface area contributed by atoms with Crippen LogP contribution in [0.25, 0.3) is 27.8 Å². The number of hydrogen-bond donors (Lipinski definition) is 3. The number of carboxylic acids is 1. The van der Waals surface area contributed by atoms with Gasteiger partial charge >= 0.3 is 5.97 Å². The molecule has 3 heterocycles. The van der Waals surface area contributed by atoms with Crippen molar-refractivity contribution in [3.63, 3.8) is 0 Å². The molecule has 3 aromatic heterocycles. The molecule has 1 unspecified atom stereocenters. The Labute approximate surface area is 242 Å². The number of hydrogen-bond acceptors (Lipinski definition) is 6. The van der Waals surface area contributed by atoms with Gasteiger partial charge in [-0.25, -0.2) is 28.5 Å². The summed E-state index contributed by atoms with van der Waals surface area (Å²) in [5.74, 6) is -2.19. The van der Waals surface area contributed by atoms with E-state index in [9.17, 15) is 19.1 Å². The molecule has 43 heavy (non-hydrogen) atoms. The molecule has 0 aliphatic carbocycles. The Bertz CT molecular complexity index is 2000. The summed E-state index contributed by atoms with van der Waals surface area (Å²) in [4.78, 5) is 40.2. The fourth-order valence-corrected chi connectivity index (χ4v) is 4.98. The quantitative estimate of drug-likeness (QED) is 0.211. The lowest BCUT2D eigenvalue weighted by Crippen LogP contribution is -2.28. The van der Waals surface area contributed by atoms with Crippen LogP contribution in [-0.4, -0.2) is 59.2 Å². The van der Waals surface area contributed by atoms with Gasteiger partial charge in [0, 0.05) is 31.1 Å². The molecule has 1 atom stereocenters. The van der Waals surface area contributed by atoms with E-state index in [4.69, 9.17) is 9.72 Å². The van der Waals surface area contributed by atoms with E-state index in [0.717, 1.165) is 0 Å². The molecule has 3 aromatic carbocycles. The lowest BCUT2D eigenvalue weighted by atomic mass is 10.1. The smallest absolute Gasteiger partial charge is 0.339 e. The number of carboxylic acid groups (broad SMARTS) is 1. The van der Waals surface area contributed by atoms with Gasteiger partial charge in [0.1, 0.15) is 40.8 Å². The molecule has 11 nitrogen and oxygen atoms in total. The van der Waals surface area contributed by atoms with E-state index in [2.05, 4.69) is 20.3 Å². The van der Waals surface area contributed by atoms with Crippen LogP contribution in [0.15, 0.2) is 67.3 Å². The van der Waals surface area contributed by atoms with Crippen LogP contribution < -0.4 is 10.1 Å². The van der Waals surface area contributed by atoms with Gasteiger partial charge in [0.15, 0.2) is 11.6 Å². The number of fused-ring (bicyclic) bond motifs is 2. The van der Waals surface area contributed by atoms with E-state index >= 15 is 4.39 Å². The Kier molecular flexibility index (Phi) is 7.06. The van der Waals surface area contributed by atoms with E-state index in [1.165, 1.54) is 35.4 Å². The Hall–Kier alpha value is -5.59. The minimum absolute atomic E-state index is 0.0000920. The van der Waals surface area contributed by atoms with Crippen molar-refractivity contribution in [1.82, 2.24) is 34.4 Å². The van der Waals surface area contributed by atoms with Crippen LogP contribution in [0.3, 0.4) is 0 Å². The molecule has 0 fully saturated rings. The average Bonchev–Trinajstić information content (AvgIpc) is 3.75. The number of aromatic nitrogens is 6. The summed E-state index contributed by atoms with van der Waals surface area (Å²) in [6, 6.07) is 12.6. The van der Waals surface area contributed by atoms with E-state index in [1.54, 1.807) is 43.4 Å². The zero-order valence-corrected chi connectivity index (χ0v) is 23.0. The number of aryl methyl sites for hydroxylation is 1. The van der Waals surface area contributed by atoms with Crippen LogP contribution in [0.2, 0.25) is 0 Å². The summed E-state index contributed by atoms with van der Waals surface area (Å²) in [5, 5.41) is 12.0. The van der Waals surface area contributed by atoms with Gasteiger partial charge in [0.2, 0.25) is 0 Å². The van der Waals surface area contributed by atoms with Crippen molar-refractivity contribution >= 4 is 33.9 Å². The normalized spacial score (nSPS) is 12.1. The zero-order chi connectivity index (χ0) is 30.2. The van der Waals surface area contributed by atoms with Crippen molar-refractivity contribution in [2.75, 3.05) is 13.2 Å². The van der Waals surface area contributed by atoms with Gasteiger partial charge in [-0.3, -0.25) is 4.79 Å². The van der Waals surface area contributed by atoms with Crippen molar-refractivity contribution in [2.24, 2.45) is 7.05 Å². The number of nitrogens with zero attached hydrogens (tertiary/aromatic N) is 5. The van der Waals surface area contributed by atoms with Crippen molar-refractivity contribution in [2.45, 2.75) is 12.8 Å². The van der Waals surface area contributed by atoms with Crippen LogP contribution in [0.1, 0.15) is 45.2 Å². The molecule has 0 aliphatic rings. The first-order valence-electron chi connectivity index (χ1n) is 13.3. The Morgan fingerprint density at radius 1 is 1.14 bits per heavy atom. The summed E-state index contributed by atoms with van der Waals surface area (Å²) < 4.78 is 38.7. The predicted molar refractivity (Wildman–Crippen MR) is 153 cm³/mol. The highest BCUT2D eigenvalue weighted by molar-refractivity contribution is 5.97. The highest BCUT2D eigenvalue weighted by Gasteiger charge is 2.24. The van der Waals surface area contributed by atoms with Crippen molar-refractivity contribution < 1.29 is 28.2 Å². The SMILES string of the molecule is CC(c1nc2c(F)c(-n3ccnc3)c(F)cc2[nH]1)c1nc2ccc(C(=O)NCCOc3ccccc3C(=O)O)cc2n1C. The molecular formula is C30H25F2N7O4. The van der Waals surface area contributed by atoms with E-state index in [1.807, 2.05) is 11.5 Å². The fraction of sp³-hybridized carbons (Fsp3) is 0.167. The summed E-state index contributed by atoms with van der Waals surface area (Å²) in [5.41, 5.74) is 1.73. The second kappa shape index (κ2) is 11.0. The Morgan fingerprint density at radius 2 is 1.95 bits per heavy atom. The number of aromatic carboxylic acids is 1. The summed E-state index contributed by atoms with van der Waals surface area (Å²) in [7, 11) is 1.80. The number of carbonyl (C=O) groups is 2. The standard InChI is InChI=1S/C30H25F2N7O4/c1-16(27-35-21-14-19(31)26(24(32)25(21)37-27)39-11-9-33-15-39)28-36-20-8-7-17(13-22(20)38(28)2)29(40)34-10-12-43-23-6-4-3-5-18(23)30(41)42/h3-9,11,13-16H,10,12H2,1-2H3,(H,34,40)(H,35,37)(H,41,42). The minimum Gasteiger partial charge on any atom is -0.491 e. The van der Waals surface area contributed by atoms with Gasteiger partial charge in [-0.15, -0.1) is 0 Å². The van der Waals surface area contributed by atoms with Crippen molar-refractivity contribution in [3.05, 3.63) is 102 Å².